The second kappa shape index (κ2) is 59.5. The molecule has 0 heterocycles. The molecule has 0 radical (unpaired) electrons. The molecule has 0 aromatic carbocycles. The van der Waals surface area contributed by atoms with E-state index in [9.17, 15) is 19.0 Å². The fourth-order valence-electron chi connectivity index (χ4n) is 9.35. The summed E-state index contributed by atoms with van der Waals surface area (Å²) in [5.41, 5.74) is 5.39. The van der Waals surface area contributed by atoms with Gasteiger partial charge in [0, 0.05) is 19.4 Å². The number of unbranched alkanes of at least 4 members (excludes halogenated alkanes) is 41. The van der Waals surface area contributed by atoms with E-state index < -0.39 is 26.5 Å². The summed E-state index contributed by atoms with van der Waals surface area (Å²) < 4.78 is 33.1. The topological polar surface area (TPSA) is 134 Å². The van der Waals surface area contributed by atoms with Gasteiger partial charge in [-0.2, -0.15) is 0 Å². The van der Waals surface area contributed by atoms with Crippen molar-refractivity contribution in [1.82, 2.24) is 0 Å². The van der Waals surface area contributed by atoms with Crippen LogP contribution in [-0.2, 0) is 32.7 Å². The van der Waals surface area contributed by atoms with E-state index >= 15 is 0 Å². The maximum Gasteiger partial charge on any atom is 0.472 e. The molecular formula is C63H120NO8P. The first-order valence-electron chi connectivity index (χ1n) is 31.5. The van der Waals surface area contributed by atoms with Gasteiger partial charge >= 0.3 is 19.8 Å². The molecule has 0 aliphatic carbocycles. The lowest BCUT2D eigenvalue weighted by atomic mass is 10.0. The van der Waals surface area contributed by atoms with Crippen molar-refractivity contribution in [3.05, 3.63) is 36.5 Å². The molecule has 0 aromatic heterocycles. The molecule has 3 N–H and O–H groups in total. The normalized spacial score (nSPS) is 13.2. The van der Waals surface area contributed by atoms with Gasteiger partial charge in [-0.3, -0.25) is 18.6 Å². The van der Waals surface area contributed by atoms with E-state index in [-0.39, 0.29) is 38.6 Å². The Balaban J connectivity index is 3.91. The maximum absolute atomic E-state index is 12.7. The van der Waals surface area contributed by atoms with Crippen LogP contribution in [0.1, 0.15) is 322 Å². The monoisotopic (exact) mass is 1050 g/mol. The smallest absolute Gasteiger partial charge is 0.462 e. The highest BCUT2D eigenvalue weighted by atomic mass is 31.2. The first-order chi connectivity index (χ1) is 35.8. The average molecular weight is 1050 g/mol. The van der Waals surface area contributed by atoms with Crippen molar-refractivity contribution >= 4 is 19.8 Å². The Hall–Kier alpha value is -1.77. The summed E-state index contributed by atoms with van der Waals surface area (Å²) in [5.74, 6) is -0.812. The number of phosphoric acid groups is 1. The van der Waals surface area contributed by atoms with Crippen molar-refractivity contribution in [1.29, 1.82) is 0 Å². The lowest BCUT2D eigenvalue weighted by molar-refractivity contribution is -0.161. The van der Waals surface area contributed by atoms with Crippen molar-refractivity contribution in [2.24, 2.45) is 5.73 Å². The molecule has 9 nitrogen and oxygen atoms in total. The number of hydrogen-bond donors (Lipinski definition) is 2. The van der Waals surface area contributed by atoms with Crippen molar-refractivity contribution in [3.8, 4) is 0 Å². The predicted octanol–water partition coefficient (Wildman–Crippen LogP) is 20.0. The van der Waals surface area contributed by atoms with Gasteiger partial charge in [0.05, 0.1) is 13.2 Å². The summed E-state index contributed by atoms with van der Waals surface area (Å²) in [7, 11) is -4.39. The molecule has 0 aliphatic heterocycles. The SMILES string of the molecule is CCCCCCC/C=C\C/C=C\C/C=C\CCCCCCCCCCCCCCC(=O)OC(COC(=O)CCCCCCCCCCCCCCCCCCCCCCCCCCC)COP(=O)(O)OCCN. The van der Waals surface area contributed by atoms with E-state index in [0.717, 1.165) is 51.4 Å². The molecule has 0 bridgehead atoms. The van der Waals surface area contributed by atoms with Crippen molar-refractivity contribution < 1.29 is 37.6 Å². The number of esters is 2. The molecule has 0 aromatic rings. The van der Waals surface area contributed by atoms with Crippen molar-refractivity contribution in [3.63, 3.8) is 0 Å². The fraction of sp³-hybridized carbons (Fsp3) is 0.873. The Morgan fingerprint density at radius 1 is 0.411 bits per heavy atom. The van der Waals surface area contributed by atoms with Gasteiger partial charge in [0.25, 0.3) is 0 Å². The quantitative estimate of drug-likeness (QED) is 0.0264. The Kier molecular flexibility index (Phi) is 58.0. The summed E-state index contributed by atoms with van der Waals surface area (Å²) in [6, 6.07) is 0. The lowest BCUT2D eigenvalue weighted by Gasteiger charge is -2.19. The number of phosphoric ester groups is 1. The number of carbonyl (C=O) groups excluding carboxylic acids is 2. The van der Waals surface area contributed by atoms with Crippen LogP contribution in [0, 0.1) is 0 Å². The molecule has 430 valence electrons. The Morgan fingerprint density at radius 3 is 1.05 bits per heavy atom. The van der Waals surface area contributed by atoms with E-state index in [1.165, 1.54) is 238 Å². The molecule has 0 saturated heterocycles. The molecule has 0 aliphatic rings. The standard InChI is InChI=1S/C63H120NO8P/c1-3-5-7-9-11-13-15-17-19-21-23-25-27-29-30-32-34-36-38-40-42-44-46-48-50-52-54-56-63(66)72-61(60-71-73(67,68)70-58-57-64)59-69-62(65)55-53-51-49-47-45-43-41-39-37-35-33-31-28-26-24-22-20-18-16-14-12-10-8-6-4-2/h15,17,21,23,27,29,61H,3-14,16,18-20,22,24-26,28,30-60,64H2,1-2H3,(H,67,68)/b17-15-,23-21-,29-27-. The van der Waals surface area contributed by atoms with E-state index in [1.807, 2.05) is 0 Å². The zero-order valence-electron chi connectivity index (χ0n) is 48.1. The number of rotatable bonds is 60. The van der Waals surface area contributed by atoms with Crippen LogP contribution in [0.5, 0.6) is 0 Å². The number of carbonyl (C=O) groups is 2. The third kappa shape index (κ3) is 59.3. The number of ether oxygens (including phenoxy) is 2. The second-order valence-electron chi connectivity index (χ2n) is 21.3. The zero-order valence-corrected chi connectivity index (χ0v) is 49.0. The van der Waals surface area contributed by atoms with Crippen LogP contribution in [0.15, 0.2) is 36.5 Å². The minimum Gasteiger partial charge on any atom is -0.462 e. The molecule has 0 saturated carbocycles. The molecule has 0 rings (SSSR count). The Labute approximate surface area is 452 Å². The summed E-state index contributed by atoms with van der Waals surface area (Å²) in [5, 5.41) is 0. The number of nitrogens with two attached hydrogens (primary N) is 1. The van der Waals surface area contributed by atoms with Gasteiger partial charge in [0.1, 0.15) is 6.61 Å². The molecule has 2 atom stereocenters. The highest BCUT2D eigenvalue weighted by Gasteiger charge is 2.26. The van der Waals surface area contributed by atoms with E-state index in [0.29, 0.717) is 6.42 Å². The molecule has 2 unspecified atom stereocenters. The highest BCUT2D eigenvalue weighted by molar-refractivity contribution is 7.47. The van der Waals surface area contributed by atoms with Gasteiger partial charge in [-0.15, -0.1) is 0 Å². The Bertz CT molecular complexity index is 1290. The highest BCUT2D eigenvalue weighted by Crippen LogP contribution is 2.43. The average Bonchev–Trinajstić information content (AvgIpc) is 3.38. The summed E-state index contributed by atoms with van der Waals surface area (Å²) >= 11 is 0. The summed E-state index contributed by atoms with van der Waals surface area (Å²) in [6.45, 7) is 3.79. The van der Waals surface area contributed by atoms with Gasteiger partial charge in [-0.1, -0.05) is 294 Å². The van der Waals surface area contributed by atoms with E-state index in [1.54, 1.807) is 0 Å². The van der Waals surface area contributed by atoms with Crippen LogP contribution in [-0.4, -0.2) is 49.3 Å². The van der Waals surface area contributed by atoms with Crippen LogP contribution < -0.4 is 5.73 Å². The molecule has 0 fully saturated rings. The molecule has 0 amide bonds. The molecular weight excluding hydrogens is 930 g/mol. The molecule has 0 spiro atoms. The Morgan fingerprint density at radius 2 is 0.712 bits per heavy atom. The molecule has 73 heavy (non-hydrogen) atoms. The summed E-state index contributed by atoms with van der Waals surface area (Å²) in [6.07, 6.45) is 72.1. The lowest BCUT2D eigenvalue weighted by Crippen LogP contribution is -2.29. The minimum absolute atomic E-state index is 0.0547. The maximum atomic E-state index is 12.7. The third-order valence-corrected chi connectivity index (χ3v) is 15.0. The van der Waals surface area contributed by atoms with Gasteiger partial charge in [0.2, 0.25) is 0 Å². The van der Waals surface area contributed by atoms with Gasteiger partial charge in [-0.05, 0) is 51.4 Å². The van der Waals surface area contributed by atoms with Gasteiger partial charge in [0.15, 0.2) is 6.10 Å². The largest absolute Gasteiger partial charge is 0.472 e. The number of hydrogen-bond acceptors (Lipinski definition) is 8. The van der Waals surface area contributed by atoms with Gasteiger partial charge < -0.3 is 20.1 Å². The van der Waals surface area contributed by atoms with Crippen molar-refractivity contribution in [2.75, 3.05) is 26.4 Å². The van der Waals surface area contributed by atoms with Crippen LogP contribution in [0.2, 0.25) is 0 Å². The van der Waals surface area contributed by atoms with Crippen LogP contribution >= 0.6 is 7.82 Å². The fourth-order valence-corrected chi connectivity index (χ4v) is 10.1. The first kappa shape index (κ1) is 71.2. The van der Waals surface area contributed by atoms with E-state index in [2.05, 4.69) is 50.3 Å². The van der Waals surface area contributed by atoms with E-state index in [4.69, 9.17) is 24.3 Å². The second-order valence-corrected chi connectivity index (χ2v) is 22.7. The van der Waals surface area contributed by atoms with Crippen molar-refractivity contribution in [2.45, 2.75) is 328 Å². The van der Waals surface area contributed by atoms with Crippen LogP contribution in [0.3, 0.4) is 0 Å². The van der Waals surface area contributed by atoms with Crippen LogP contribution in [0.4, 0.5) is 0 Å². The predicted molar refractivity (Wildman–Crippen MR) is 312 cm³/mol. The number of allylic oxidation sites excluding steroid dienone is 6. The minimum atomic E-state index is -4.39. The summed E-state index contributed by atoms with van der Waals surface area (Å²) in [4.78, 5) is 35.3. The van der Waals surface area contributed by atoms with Gasteiger partial charge in [-0.25, -0.2) is 4.57 Å². The van der Waals surface area contributed by atoms with Crippen LogP contribution in [0.25, 0.3) is 0 Å². The first-order valence-corrected chi connectivity index (χ1v) is 33.0. The zero-order chi connectivity index (χ0) is 53.1. The molecule has 10 heteroatoms. The third-order valence-electron chi connectivity index (χ3n) is 14.0.